The lowest BCUT2D eigenvalue weighted by atomic mass is 9.84. The highest BCUT2D eigenvalue weighted by Crippen LogP contribution is 2.32. The van der Waals surface area contributed by atoms with Crippen molar-refractivity contribution in [3.8, 4) is 11.4 Å². The molecule has 1 fully saturated rings. The van der Waals surface area contributed by atoms with E-state index in [0.29, 0.717) is 17.5 Å². The van der Waals surface area contributed by atoms with Gasteiger partial charge in [-0.25, -0.2) is 10.5 Å². The van der Waals surface area contributed by atoms with Crippen molar-refractivity contribution >= 4 is 11.7 Å². The first-order valence-electron chi connectivity index (χ1n) is 10.1. The van der Waals surface area contributed by atoms with Gasteiger partial charge >= 0.3 is 0 Å². The van der Waals surface area contributed by atoms with Gasteiger partial charge in [0.05, 0.1) is 5.56 Å². The smallest absolute Gasteiger partial charge is 0.244 e. The molecule has 152 valence electrons. The second-order valence-corrected chi connectivity index (χ2v) is 7.48. The van der Waals surface area contributed by atoms with Crippen LogP contribution in [0.5, 0.6) is 0 Å². The summed E-state index contributed by atoms with van der Waals surface area (Å²) < 4.78 is 5.49. The Hall–Kier alpha value is -2.48. The second kappa shape index (κ2) is 10.2. The molecule has 28 heavy (non-hydrogen) atoms. The zero-order valence-electron chi connectivity index (χ0n) is 16.4. The molecule has 0 spiro atoms. The van der Waals surface area contributed by atoms with Gasteiger partial charge in [-0.1, -0.05) is 50.1 Å². The second-order valence-electron chi connectivity index (χ2n) is 7.48. The van der Waals surface area contributed by atoms with Crippen LogP contribution < -0.4 is 10.8 Å². The minimum atomic E-state index is -0.445. The minimum absolute atomic E-state index is 0.120. The first kappa shape index (κ1) is 20.3. The fourth-order valence-electron chi connectivity index (χ4n) is 4.01. The van der Waals surface area contributed by atoms with Crippen LogP contribution in [-0.4, -0.2) is 33.3 Å². The van der Waals surface area contributed by atoms with E-state index in [2.05, 4.69) is 20.4 Å². The van der Waals surface area contributed by atoms with Crippen molar-refractivity contribution in [3.63, 3.8) is 0 Å². The number of hydrogen-bond acceptors (Lipinski definition) is 7. The van der Waals surface area contributed by atoms with Crippen LogP contribution in [0.15, 0.2) is 22.9 Å². The molecule has 0 bridgehead atoms. The predicted octanol–water partition coefficient (Wildman–Crippen LogP) is 3.90. The third kappa shape index (κ3) is 5.28. The van der Waals surface area contributed by atoms with E-state index in [1.54, 1.807) is 18.7 Å². The maximum absolute atomic E-state index is 11.8. The largest absolute Gasteiger partial charge is 0.373 e. The third-order valence-corrected chi connectivity index (χ3v) is 5.52. The molecule has 0 saturated heterocycles. The van der Waals surface area contributed by atoms with Gasteiger partial charge in [0.2, 0.25) is 17.6 Å². The van der Waals surface area contributed by atoms with Crippen molar-refractivity contribution in [2.75, 3.05) is 12.4 Å². The van der Waals surface area contributed by atoms with Gasteiger partial charge in [-0.2, -0.15) is 4.98 Å². The van der Waals surface area contributed by atoms with E-state index in [1.165, 1.54) is 32.1 Å². The van der Waals surface area contributed by atoms with Crippen molar-refractivity contribution in [3.05, 3.63) is 24.2 Å². The normalized spacial score (nSPS) is 15.9. The number of rotatable bonds is 9. The van der Waals surface area contributed by atoms with Gasteiger partial charge in [0, 0.05) is 25.6 Å². The lowest BCUT2D eigenvalue weighted by Crippen LogP contribution is -2.21. The summed E-state index contributed by atoms with van der Waals surface area (Å²) >= 11 is 0. The summed E-state index contributed by atoms with van der Waals surface area (Å²) in [5.74, 6) is 1.65. The number of carbonyl (C=O) groups excluding carboxylic acids is 1. The van der Waals surface area contributed by atoms with Crippen LogP contribution in [0.1, 0.15) is 69.6 Å². The van der Waals surface area contributed by atoms with Crippen LogP contribution in [0.2, 0.25) is 0 Å². The van der Waals surface area contributed by atoms with E-state index >= 15 is 0 Å². The summed E-state index contributed by atoms with van der Waals surface area (Å²) in [5, 5.41) is 16.0. The quantitative estimate of drug-likeness (QED) is 0.442. The van der Waals surface area contributed by atoms with Crippen molar-refractivity contribution in [1.29, 1.82) is 0 Å². The summed E-state index contributed by atoms with van der Waals surface area (Å²) in [6, 6.07) is 3.68. The predicted molar refractivity (Wildman–Crippen MR) is 105 cm³/mol. The van der Waals surface area contributed by atoms with Gasteiger partial charge < -0.3 is 9.84 Å². The van der Waals surface area contributed by atoms with Gasteiger partial charge in [0.1, 0.15) is 5.82 Å². The molecular weight excluding hydrogens is 358 g/mol. The van der Waals surface area contributed by atoms with Gasteiger partial charge in [0.25, 0.3) is 0 Å². The number of nitrogens with zero attached hydrogens (tertiary/aromatic N) is 3. The summed E-state index contributed by atoms with van der Waals surface area (Å²) in [7, 11) is 1.78. The lowest BCUT2D eigenvalue weighted by molar-refractivity contribution is -0.129. The highest BCUT2D eigenvalue weighted by Gasteiger charge is 2.24. The molecule has 0 aromatic carbocycles. The van der Waals surface area contributed by atoms with Crippen LogP contribution in [-0.2, 0) is 4.79 Å². The van der Waals surface area contributed by atoms with Gasteiger partial charge in [-0.3, -0.25) is 10.0 Å². The Morgan fingerprint density at radius 3 is 2.93 bits per heavy atom. The van der Waals surface area contributed by atoms with Crippen LogP contribution >= 0.6 is 0 Å². The number of anilines is 1. The molecule has 2 aromatic heterocycles. The number of hydroxylamine groups is 1. The average Bonchev–Trinajstić information content (AvgIpc) is 3.23. The van der Waals surface area contributed by atoms with Crippen molar-refractivity contribution in [2.45, 2.75) is 63.7 Å². The molecule has 2 aromatic rings. The molecule has 8 heteroatoms. The van der Waals surface area contributed by atoms with E-state index in [-0.39, 0.29) is 12.3 Å². The van der Waals surface area contributed by atoms with E-state index in [4.69, 9.17) is 9.73 Å². The highest BCUT2D eigenvalue weighted by atomic mass is 16.5. The summed E-state index contributed by atoms with van der Waals surface area (Å²) in [6.45, 7) is 0. The fraction of sp³-hybridized carbons (Fsp3) is 0.600. The summed E-state index contributed by atoms with van der Waals surface area (Å²) in [6.07, 6.45) is 11.4. The third-order valence-electron chi connectivity index (χ3n) is 5.52. The molecule has 0 unspecified atom stereocenters. The van der Waals surface area contributed by atoms with E-state index in [0.717, 1.165) is 30.7 Å². The lowest BCUT2D eigenvalue weighted by Gasteiger charge is -2.22. The Labute approximate surface area is 165 Å². The topological polar surface area (TPSA) is 113 Å². The first-order valence-corrected chi connectivity index (χ1v) is 10.1. The van der Waals surface area contributed by atoms with E-state index < -0.39 is 5.91 Å². The van der Waals surface area contributed by atoms with E-state index in [1.807, 2.05) is 12.1 Å². The Morgan fingerprint density at radius 1 is 1.36 bits per heavy atom. The maximum atomic E-state index is 11.8. The zero-order valence-corrected chi connectivity index (χ0v) is 16.4. The average molecular weight is 387 g/mol. The highest BCUT2D eigenvalue weighted by molar-refractivity contribution is 5.75. The maximum Gasteiger partial charge on any atom is 0.244 e. The Morgan fingerprint density at radius 2 is 2.18 bits per heavy atom. The van der Waals surface area contributed by atoms with Gasteiger partial charge in [-0.15, -0.1) is 0 Å². The minimum Gasteiger partial charge on any atom is -0.373 e. The molecular formula is C20H29N5O3. The number of aromatic nitrogens is 3. The zero-order chi connectivity index (χ0) is 19.8. The number of hydrogen-bond donors (Lipinski definition) is 3. The van der Waals surface area contributed by atoms with Gasteiger partial charge in [0.15, 0.2) is 0 Å². The molecule has 8 nitrogen and oxygen atoms in total. The molecule has 1 atom stereocenters. The molecule has 2 heterocycles. The molecule has 1 aliphatic rings. The molecule has 0 radical (unpaired) electrons. The molecule has 0 aliphatic heterocycles. The van der Waals surface area contributed by atoms with Crippen molar-refractivity contribution in [2.24, 2.45) is 5.92 Å². The summed E-state index contributed by atoms with van der Waals surface area (Å²) in [4.78, 5) is 20.6. The van der Waals surface area contributed by atoms with Crippen LogP contribution in [0.3, 0.4) is 0 Å². The number of amides is 1. The Bertz CT molecular complexity index is 758. The Balaban J connectivity index is 1.69. The number of nitrogens with one attached hydrogen (secondary N) is 2. The van der Waals surface area contributed by atoms with Crippen molar-refractivity contribution < 1.29 is 14.5 Å². The SMILES string of the molecule is CNc1ncccc1-c1noc([C@H](CCCC2CCCCC2)CC(=O)NO)n1. The van der Waals surface area contributed by atoms with Crippen molar-refractivity contribution in [1.82, 2.24) is 20.6 Å². The van der Waals surface area contributed by atoms with Crippen LogP contribution in [0, 0.1) is 5.92 Å². The van der Waals surface area contributed by atoms with E-state index in [9.17, 15) is 4.79 Å². The fourth-order valence-corrected chi connectivity index (χ4v) is 4.01. The Kier molecular flexibility index (Phi) is 7.36. The summed E-state index contributed by atoms with van der Waals surface area (Å²) in [5.41, 5.74) is 2.46. The molecule has 1 amide bonds. The molecule has 1 saturated carbocycles. The number of carbonyl (C=O) groups is 1. The molecule has 3 rings (SSSR count). The molecule has 1 aliphatic carbocycles. The first-order chi connectivity index (χ1) is 13.7. The standard InChI is InChI=1S/C20H29N5O3/c1-21-18-16(11-6-12-22-18)19-23-20(28-25-19)15(13-17(26)24-27)10-5-9-14-7-3-2-4-8-14/h6,11-12,14-15,27H,2-5,7-10,13H2,1H3,(H,21,22)(H,24,26)/t15-/m1/s1. The monoisotopic (exact) mass is 387 g/mol. The molecule has 3 N–H and O–H groups in total. The van der Waals surface area contributed by atoms with Crippen LogP contribution in [0.4, 0.5) is 5.82 Å². The van der Waals surface area contributed by atoms with Gasteiger partial charge in [-0.05, 0) is 24.5 Å². The van der Waals surface area contributed by atoms with Crippen LogP contribution in [0.25, 0.3) is 11.4 Å². The number of pyridine rings is 1.